The van der Waals surface area contributed by atoms with Crippen LogP contribution in [0.2, 0.25) is 0 Å². The second-order valence-electron chi connectivity index (χ2n) is 5.30. The van der Waals surface area contributed by atoms with Gasteiger partial charge >= 0.3 is 0 Å². The summed E-state index contributed by atoms with van der Waals surface area (Å²) in [7, 11) is 0. The summed E-state index contributed by atoms with van der Waals surface area (Å²) < 4.78 is 26.0. The Labute approximate surface area is 105 Å². The van der Waals surface area contributed by atoms with Crippen LogP contribution in [0.25, 0.3) is 0 Å². The number of halogens is 2. The molecular weight excluding hydrogens is 238 g/mol. The highest BCUT2D eigenvalue weighted by Crippen LogP contribution is 2.17. The fourth-order valence-electron chi connectivity index (χ4n) is 1.35. The molecular formula is C13H18F2N2O. The van der Waals surface area contributed by atoms with Crippen LogP contribution in [-0.4, -0.2) is 11.9 Å². The topological polar surface area (TPSA) is 55.1 Å². The van der Waals surface area contributed by atoms with E-state index in [2.05, 4.69) is 5.32 Å². The maximum Gasteiger partial charge on any atom is 0.237 e. The lowest BCUT2D eigenvalue weighted by Crippen LogP contribution is -2.48. The summed E-state index contributed by atoms with van der Waals surface area (Å²) in [6, 6.07) is 2.55. The summed E-state index contributed by atoms with van der Waals surface area (Å²) in [5.74, 6) is -1.68. The normalized spacial score (nSPS) is 13.2. The summed E-state index contributed by atoms with van der Waals surface area (Å²) >= 11 is 0. The van der Waals surface area contributed by atoms with E-state index in [1.54, 1.807) is 0 Å². The van der Waals surface area contributed by atoms with Gasteiger partial charge in [0.2, 0.25) is 5.91 Å². The molecule has 0 aliphatic heterocycles. The zero-order valence-electron chi connectivity index (χ0n) is 10.8. The van der Waals surface area contributed by atoms with Crippen molar-refractivity contribution < 1.29 is 13.6 Å². The molecule has 5 heteroatoms. The minimum atomic E-state index is -0.681. The predicted octanol–water partition coefficient (Wildman–Crippen LogP) is 1.95. The highest BCUT2D eigenvalue weighted by atomic mass is 19.1. The SMILES string of the molecule is CC(C)(C)[C@H](N)C(=O)NCc1ccc(F)cc1F. The molecule has 1 aromatic carbocycles. The van der Waals surface area contributed by atoms with Gasteiger partial charge < -0.3 is 11.1 Å². The second kappa shape index (κ2) is 5.44. The van der Waals surface area contributed by atoms with Crippen LogP contribution in [0.4, 0.5) is 8.78 Å². The van der Waals surface area contributed by atoms with E-state index in [9.17, 15) is 13.6 Å². The molecule has 0 radical (unpaired) electrons. The first-order valence-corrected chi connectivity index (χ1v) is 5.69. The minimum Gasteiger partial charge on any atom is -0.351 e. The van der Waals surface area contributed by atoms with Gasteiger partial charge in [0.25, 0.3) is 0 Å². The van der Waals surface area contributed by atoms with Crippen LogP contribution in [0.3, 0.4) is 0 Å². The van der Waals surface area contributed by atoms with Crippen molar-refractivity contribution in [2.75, 3.05) is 0 Å². The molecule has 3 N–H and O–H groups in total. The van der Waals surface area contributed by atoms with Crippen molar-refractivity contribution in [1.29, 1.82) is 0 Å². The highest BCUT2D eigenvalue weighted by molar-refractivity contribution is 5.82. The summed E-state index contributed by atoms with van der Waals surface area (Å²) in [4.78, 5) is 11.7. The van der Waals surface area contributed by atoms with E-state index in [1.807, 2.05) is 20.8 Å². The summed E-state index contributed by atoms with van der Waals surface area (Å²) in [6.07, 6.45) is 0. The Balaban J connectivity index is 2.63. The van der Waals surface area contributed by atoms with E-state index in [1.165, 1.54) is 6.07 Å². The van der Waals surface area contributed by atoms with Gasteiger partial charge in [-0.25, -0.2) is 8.78 Å². The van der Waals surface area contributed by atoms with Crippen LogP contribution in [-0.2, 0) is 11.3 Å². The summed E-state index contributed by atoms with van der Waals surface area (Å²) in [5.41, 5.74) is 5.61. The average molecular weight is 256 g/mol. The minimum absolute atomic E-state index is 0.00523. The first kappa shape index (κ1) is 14.6. The summed E-state index contributed by atoms with van der Waals surface area (Å²) in [5, 5.41) is 2.54. The molecule has 100 valence electrons. The van der Waals surface area contributed by atoms with Crippen molar-refractivity contribution in [3.8, 4) is 0 Å². The lowest BCUT2D eigenvalue weighted by atomic mass is 9.87. The third-order valence-corrected chi connectivity index (χ3v) is 2.68. The van der Waals surface area contributed by atoms with Gasteiger partial charge in [0.05, 0.1) is 6.04 Å². The van der Waals surface area contributed by atoms with Gasteiger partial charge in [-0.15, -0.1) is 0 Å². The Bertz CT molecular complexity index is 441. The molecule has 0 unspecified atom stereocenters. The number of rotatable bonds is 3. The Morgan fingerprint density at radius 3 is 2.50 bits per heavy atom. The fraction of sp³-hybridized carbons (Fsp3) is 0.462. The van der Waals surface area contributed by atoms with Gasteiger partial charge in [0, 0.05) is 18.2 Å². The number of benzene rings is 1. The summed E-state index contributed by atoms with van der Waals surface area (Å²) in [6.45, 7) is 5.52. The number of hydrogen-bond donors (Lipinski definition) is 2. The van der Waals surface area contributed by atoms with E-state index >= 15 is 0 Å². The third-order valence-electron chi connectivity index (χ3n) is 2.68. The molecule has 0 aliphatic carbocycles. The standard InChI is InChI=1S/C13H18F2N2O/c1-13(2,3)11(16)12(18)17-7-8-4-5-9(14)6-10(8)15/h4-6,11H,7,16H2,1-3H3,(H,17,18)/t11-/m1/s1. The van der Waals surface area contributed by atoms with Crippen LogP contribution in [0.1, 0.15) is 26.3 Å². The van der Waals surface area contributed by atoms with Gasteiger partial charge in [-0.05, 0) is 11.5 Å². The molecule has 1 atom stereocenters. The lowest BCUT2D eigenvalue weighted by molar-refractivity contribution is -0.124. The number of carbonyl (C=O) groups is 1. The maximum atomic E-state index is 13.3. The predicted molar refractivity (Wildman–Crippen MR) is 65.6 cm³/mol. The number of carbonyl (C=O) groups excluding carboxylic acids is 1. The molecule has 0 heterocycles. The molecule has 0 bridgehead atoms. The second-order valence-corrected chi connectivity index (χ2v) is 5.30. The van der Waals surface area contributed by atoms with Gasteiger partial charge in [-0.3, -0.25) is 4.79 Å². The molecule has 3 nitrogen and oxygen atoms in total. The van der Waals surface area contributed by atoms with Crippen molar-refractivity contribution in [3.05, 3.63) is 35.4 Å². The third kappa shape index (κ3) is 3.77. The van der Waals surface area contributed by atoms with Crippen LogP contribution in [0.5, 0.6) is 0 Å². The highest BCUT2D eigenvalue weighted by Gasteiger charge is 2.27. The quantitative estimate of drug-likeness (QED) is 0.868. The number of amides is 1. The molecule has 1 amide bonds. The largest absolute Gasteiger partial charge is 0.351 e. The maximum absolute atomic E-state index is 13.3. The Morgan fingerprint density at radius 2 is 2.00 bits per heavy atom. The Hall–Kier alpha value is -1.49. The first-order chi connectivity index (χ1) is 8.21. The van der Waals surface area contributed by atoms with Crippen molar-refractivity contribution in [2.24, 2.45) is 11.1 Å². The van der Waals surface area contributed by atoms with E-state index < -0.39 is 17.7 Å². The van der Waals surface area contributed by atoms with Crippen molar-refractivity contribution in [2.45, 2.75) is 33.4 Å². The molecule has 0 aliphatic rings. The van der Waals surface area contributed by atoms with Crippen LogP contribution in [0, 0.1) is 17.0 Å². The van der Waals surface area contributed by atoms with Crippen molar-refractivity contribution >= 4 is 5.91 Å². The van der Waals surface area contributed by atoms with E-state index in [0.29, 0.717) is 0 Å². The number of nitrogens with two attached hydrogens (primary N) is 1. The molecule has 1 aromatic rings. The zero-order chi connectivity index (χ0) is 13.9. The molecule has 0 fully saturated rings. The Morgan fingerprint density at radius 1 is 1.39 bits per heavy atom. The van der Waals surface area contributed by atoms with Gasteiger partial charge in [0.1, 0.15) is 11.6 Å². The average Bonchev–Trinajstić information content (AvgIpc) is 2.25. The Kier molecular flexibility index (Phi) is 4.40. The van der Waals surface area contributed by atoms with Crippen LogP contribution >= 0.6 is 0 Å². The molecule has 0 aromatic heterocycles. The molecule has 18 heavy (non-hydrogen) atoms. The first-order valence-electron chi connectivity index (χ1n) is 5.69. The number of hydrogen-bond acceptors (Lipinski definition) is 2. The van der Waals surface area contributed by atoms with E-state index in [0.717, 1.165) is 12.1 Å². The van der Waals surface area contributed by atoms with E-state index in [-0.39, 0.29) is 23.4 Å². The molecule has 0 saturated carbocycles. The van der Waals surface area contributed by atoms with Gasteiger partial charge in [0.15, 0.2) is 0 Å². The van der Waals surface area contributed by atoms with Crippen molar-refractivity contribution in [1.82, 2.24) is 5.32 Å². The zero-order valence-corrected chi connectivity index (χ0v) is 10.8. The van der Waals surface area contributed by atoms with E-state index in [4.69, 9.17) is 5.73 Å². The number of nitrogens with one attached hydrogen (secondary N) is 1. The lowest BCUT2D eigenvalue weighted by Gasteiger charge is -2.25. The smallest absolute Gasteiger partial charge is 0.237 e. The molecule has 1 rings (SSSR count). The van der Waals surface area contributed by atoms with Crippen molar-refractivity contribution in [3.63, 3.8) is 0 Å². The van der Waals surface area contributed by atoms with Gasteiger partial charge in [-0.1, -0.05) is 26.8 Å². The molecule has 0 saturated heterocycles. The van der Waals surface area contributed by atoms with Gasteiger partial charge in [-0.2, -0.15) is 0 Å². The fourth-order valence-corrected chi connectivity index (χ4v) is 1.35. The molecule has 0 spiro atoms. The van der Waals surface area contributed by atoms with Crippen LogP contribution < -0.4 is 11.1 Å². The monoisotopic (exact) mass is 256 g/mol. The van der Waals surface area contributed by atoms with Crippen LogP contribution in [0.15, 0.2) is 18.2 Å².